The molecule has 0 bridgehead atoms. The Morgan fingerprint density at radius 2 is 2.20 bits per heavy atom. The molecule has 0 aliphatic carbocycles. The third-order valence-corrected chi connectivity index (χ3v) is 1.99. The quantitative estimate of drug-likeness (QED) is 0.583. The van der Waals surface area contributed by atoms with Gasteiger partial charge in [-0.1, -0.05) is 45.7 Å². The molecule has 3 heteroatoms. The summed E-state index contributed by atoms with van der Waals surface area (Å²) in [5.74, 6) is 0. The van der Waals surface area contributed by atoms with Gasteiger partial charge in [-0.2, -0.15) is 0 Å². The number of benzene rings is 1. The topological polar surface area (TPSA) is 4.36 Å². The van der Waals surface area contributed by atoms with Crippen molar-refractivity contribution < 1.29 is 0 Å². The Labute approximate surface area is 72.6 Å². The first kappa shape index (κ1) is 7.59. The van der Waals surface area contributed by atoms with Crippen LogP contribution in [0.2, 0.25) is 5.02 Å². The van der Waals surface area contributed by atoms with Crippen LogP contribution in [0.3, 0.4) is 0 Å². The molecular weight excluding hydrogens is 213 g/mol. The molecule has 0 atom stereocenters. The molecule has 1 aromatic carbocycles. The van der Waals surface area contributed by atoms with Gasteiger partial charge in [0.25, 0.3) is 0 Å². The lowest BCUT2D eigenvalue weighted by Crippen LogP contribution is -1.66. The minimum atomic E-state index is 0.476. The van der Waals surface area contributed by atoms with E-state index >= 15 is 0 Å². The van der Waals surface area contributed by atoms with Gasteiger partial charge >= 0.3 is 0 Å². The first-order valence-electron chi connectivity index (χ1n) is 2.57. The van der Waals surface area contributed by atoms with E-state index in [2.05, 4.69) is 20.8 Å². The molecule has 10 heavy (non-hydrogen) atoms. The van der Waals surface area contributed by atoms with Gasteiger partial charge in [-0.05, 0) is 0 Å². The summed E-state index contributed by atoms with van der Waals surface area (Å²) in [7, 11) is 0. The van der Waals surface area contributed by atoms with Gasteiger partial charge in [0.05, 0.1) is 6.57 Å². The summed E-state index contributed by atoms with van der Waals surface area (Å²) in [5.41, 5.74) is 0.476. The Bertz CT molecular complexity index is 270. The van der Waals surface area contributed by atoms with Gasteiger partial charge < -0.3 is 0 Å². The molecule has 0 radical (unpaired) electrons. The van der Waals surface area contributed by atoms with Crippen LogP contribution < -0.4 is 0 Å². The van der Waals surface area contributed by atoms with Gasteiger partial charge in [0.1, 0.15) is 0 Å². The van der Waals surface area contributed by atoms with Crippen molar-refractivity contribution in [2.45, 2.75) is 0 Å². The SMILES string of the molecule is [C-]#[N+]c1c(Cl)cccc1Br. The lowest BCUT2D eigenvalue weighted by atomic mass is 10.3. The van der Waals surface area contributed by atoms with E-state index in [-0.39, 0.29) is 0 Å². The van der Waals surface area contributed by atoms with Crippen molar-refractivity contribution in [3.8, 4) is 0 Å². The Hall–Kier alpha value is -0.520. The van der Waals surface area contributed by atoms with Gasteiger partial charge in [0.2, 0.25) is 5.69 Å². The van der Waals surface area contributed by atoms with E-state index in [4.69, 9.17) is 18.2 Å². The molecular formula is C7H3BrClN. The van der Waals surface area contributed by atoms with E-state index in [1.54, 1.807) is 18.2 Å². The van der Waals surface area contributed by atoms with E-state index in [1.165, 1.54) is 0 Å². The summed E-state index contributed by atoms with van der Waals surface area (Å²) < 4.78 is 0.745. The van der Waals surface area contributed by atoms with Crippen LogP contribution in [0.1, 0.15) is 0 Å². The minimum Gasteiger partial charge on any atom is -0.235 e. The van der Waals surface area contributed by atoms with Crippen LogP contribution in [0.25, 0.3) is 4.85 Å². The third kappa shape index (κ3) is 1.31. The third-order valence-electron chi connectivity index (χ3n) is 1.05. The van der Waals surface area contributed by atoms with Crippen molar-refractivity contribution in [1.29, 1.82) is 0 Å². The van der Waals surface area contributed by atoms with E-state index in [0.717, 1.165) is 4.47 Å². The molecule has 0 aromatic heterocycles. The predicted octanol–water partition coefficient (Wildman–Crippen LogP) is 3.65. The van der Waals surface area contributed by atoms with Crippen LogP contribution in [0.15, 0.2) is 22.7 Å². The van der Waals surface area contributed by atoms with Crippen molar-refractivity contribution >= 4 is 33.2 Å². The predicted molar refractivity (Wildman–Crippen MR) is 45.4 cm³/mol. The molecule has 0 unspecified atom stereocenters. The van der Waals surface area contributed by atoms with Crippen molar-refractivity contribution in [3.05, 3.63) is 39.1 Å². The summed E-state index contributed by atoms with van der Waals surface area (Å²) in [6.45, 7) is 6.74. The van der Waals surface area contributed by atoms with Crippen LogP contribution in [-0.4, -0.2) is 0 Å². The molecule has 0 spiro atoms. The Morgan fingerprint density at radius 3 is 2.60 bits per heavy atom. The smallest absolute Gasteiger partial charge is 0.219 e. The highest BCUT2D eigenvalue weighted by Gasteiger charge is 2.01. The molecule has 0 saturated heterocycles. The maximum atomic E-state index is 6.74. The number of hydrogen-bond donors (Lipinski definition) is 0. The number of rotatable bonds is 0. The Morgan fingerprint density at radius 1 is 1.50 bits per heavy atom. The standard InChI is InChI=1S/C7H3BrClN/c1-10-7-5(8)3-2-4-6(7)9/h2-4H. The summed E-state index contributed by atoms with van der Waals surface area (Å²) in [4.78, 5) is 3.24. The van der Waals surface area contributed by atoms with Gasteiger partial charge in [-0.3, -0.25) is 0 Å². The van der Waals surface area contributed by atoms with Crippen LogP contribution >= 0.6 is 27.5 Å². The molecule has 0 amide bonds. The van der Waals surface area contributed by atoms with Crippen LogP contribution in [0.4, 0.5) is 5.69 Å². The second-order valence-corrected chi connectivity index (χ2v) is 2.94. The fourth-order valence-electron chi connectivity index (χ4n) is 0.596. The van der Waals surface area contributed by atoms with Crippen molar-refractivity contribution in [3.63, 3.8) is 0 Å². The lowest BCUT2D eigenvalue weighted by Gasteiger charge is -1.94. The van der Waals surface area contributed by atoms with E-state index < -0.39 is 0 Å². The average Bonchev–Trinajstić information content (AvgIpc) is 1.88. The lowest BCUT2D eigenvalue weighted by molar-refractivity contribution is 1.66. The van der Waals surface area contributed by atoms with Crippen LogP contribution in [-0.2, 0) is 0 Å². The van der Waals surface area contributed by atoms with Crippen molar-refractivity contribution in [2.24, 2.45) is 0 Å². The van der Waals surface area contributed by atoms with Gasteiger partial charge in [0, 0.05) is 9.50 Å². The first-order valence-corrected chi connectivity index (χ1v) is 3.74. The molecule has 0 aliphatic rings. The molecule has 0 saturated carbocycles. The fraction of sp³-hybridized carbons (Fsp3) is 0. The Kier molecular flexibility index (Phi) is 2.31. The highest BCUT2D eigenvalue weighted by Crippen LogP contribution is 2.32. The number of para-hydroxylation sites is 1. The molecule has 0 heterocycles. The number of nitrogens with zero attached hydrogens (tertiary/aromatic N) is 1. The highest BCUT2D eigenvalue weighted by molar-refractivity contribution is 9.10. The largest absolute Gasteiger partial charge is 0.235 e. The molecule has 1 rings (SSSR count). The van der Waals surface area contributed by atoms with E-state index in [1.807, 2.05) is 0 Å². The molecule has 50 valence electrons. The zero-order valence-corrected chi connectivity index (χ0v) is 7.28. The summed E-state index contributed by atoms with van der Waals surface area (Å²) >= 11 is 8.89. The van der Waals surface area contributed by atoms with Crippen molar-refractivity contribution in [2.75, 3.05) is 0 Å². The average molecular weight is 216 g/mol. The summed E-state index contributed by atoms with van der Waals surface area (Å²) in [6, 6.07) is 5.28. The maximum absolute atomic E-state index is 6.74. The van der Waals surface area contributed by atoms with Gasteiger partial charge in [-0.25, -0.2) is 4.85 Å². The second kappa shape index (κ2) is 3.05. The second-order valence-electron chi connectivity index (χ2n) is 1.68. The fourth-order valence-corrected chi connectivity index (χ4v) is 1.38. The zero-order chi connectivity index (χ0) is 7.56. The molecule has 0 fully saturated rings. The molecule has 0 aliphatic heterocycles. The molecule has 1 nitrogen and oxygen atoms in total. The highest BCUT2D eigenvalue weighted by atomic mass is 79.9. The Balaban J connectivity index is 3.34. The molecule has 1 aromatic rings. The van der Waals surface area contributed by atoms with Gasteiger partial charge in [-0.15, -0.1) is 0 Å². The zero-order valence-electron chi connectivity index (χ0n) is 4.94. The van der Waals surface area contributed by atoms with E-state index in [9.17, 15) is 0 Å². The van der Waals surface area contributed by atoms with E-state index in [0.29, 0.717) is 10.7 Å². The number of hydrogen-bond acceptors (Lipinski definition) is 0. The maximum Gasteiger partial charge on any atom is 0.219 e. The summed E-state index contributed by atoms with van der Waals surface area (Å²) in [5, 5.41) is 0.490. The summed E-state index contributed by atoms with van der Waals surface area (Å²) in [6.07, 6.45) is 0. The number of halogens is 2. The first-order chi connectivity index (χ1) is 4.75. The normalized spacial score (nSPS) is 8.90. The monoisotopic (exact) mass is 215 g/mol. The molecule has 0 N–H and O–H groups in total. The van der Waals surface area contributed by atoms with Crippen molar-refractivity contribution in [1.82, 2.24) is 0 Å². The minimum absolute atomic E-state index is 0.476. The van der Waals surface area contributed by atoms with Crippen LogP contribution in [0.5, 0.6) is 0 Å². The van der Waals surface area contributed by atoms with Crippen LogP contribution in [0, 0.1) is 6.57 Å². The van der Waals surface area contributed by atoms with Gasteiger partial charge in [0.15, 0.2) is 0 Å².